The van der Waals surface area contributed by atoms with Crippen LogP contribution in [0.5, 0.6) is 0 Å². The van der Waals surface area contributed by atoms with Crippen molar-refractivity contribution in [1.29, 1.82) is 0 Å². The second-order valence-corrected chi connectivity index (χ2v) is 4.64. The predicted octanol–water partition coefficient (Wildman–Crippen LogP) is 3.79. The summed E-state index contributed by atoms with van der Waals surface area (Å²) in [5, 5.41) is 1.07. The maximum atomic E-state index is 5.97. The highest BCUT2D eigenvalue weighted by Gasteiger charge is 2.09. The van der Waals surface area contributed by atoms with Crippen LogP contribution < -0.4 is 5.73 Å². The Morgan fingerprint density at radius 2 is 2.12 bits per heavy atom. The van der Waals surface area contributed by atoms with Gasteiger partial charge in [0.05, 0.1) is 28.0 Å². The molecule has 1 aromatic carbocycles. The van der Waals surface area contributed by atoms with Crippen LogP contribution in [0.2, 0.25) is 10.0 Å². The number of hydrogen-bond donors (Lipinski definition) is 2. The summed E-state index contributed by atoms with van der Waals surface area (Å²) >= 11 is 11.8. The molecule has 17 heavy (non-hydrogen) atoms. The number of aromatic amines is 1. The fraction of sp³-hybridized carbons (Fsp3) is 0.250. The lowest BCUT2D eigenvalue weighted by Gasteiger charge is -2.04. The molecule has 3 N–H and O–H groups in total. The van der Waals surface area contributed by atoms with Crippen LogP contribution in [0, 0.1) is 0 Å². The molecule has 0 saturated heterocycles. The van der Waals surface area contributed by atoms with Crippen LogP contribution in [0.4, 0.5) is 0 Å². The van der Waals surface area contributed by atoms with E-state index in [1.807, 2.05) is 13.0 Å². The van der Waals surface area contributed by atoms with E-state index in [1.165, 1.54) is 0 Å². The standard InChI is InChI=1S/C12H13Cl2N3/c1-2-10(15)12-16-6-11(17-12)7-3-4-8(13)9(14)5-7/h3-6,10H,2,15H2,1H3,(H,16,17). The van der Waals surface area contributed by atoms with Crippen molar-refractivity contribution in [3.63, 3.8) is 0 Å². The molecule has 0 aliphatic heterocycles. The van der Waals surface area contributed by atoms with Gasteiger partial charge in [0.1, 0.15) is 5.82 Å². The number of imidazole rings is 1. The summed E-state index contributed by atoms with van der Waals surface area (Å²) in [6, 6.07) is 5.40. The van der Waals surface area contributed by atoms with Gasteiger partial charge in [-0.1, -0.05) is 36.2 Å². The molecule has 3 nitrogen and oxygen atoms in total. The minimum atomic E-state index is -0.0634. The molecule has 0 fully saturated rings. The van der Waals surface area contributed by atoms with Gasteiger partial charge in [0, 0.05) is 5.56 Å². The van der Waals surface area contributed by atoms with Crippen LogP contribution >= 0.6 is 23.2 Å². The smallest absolute Gasteiger partial charge is 0.123 e. The van der Waals surface area contributed by atoms with Crippen molar-refractivity contribution in [2.24, 2.45) is 5.73 Å². The van der Waals surface area contributed by atoms with E-state index in [2.05, 4.69) is 9.97 Å². The van der Waals surface area contributed by atoms with Crippen LogP contribution in [0.15, 0.2) is 24.4 Å². The van der Waals surface area contributed by atoms with E-state index in [0.717, 1.165) is 23.5 Å². The average molecular weight is 270 g/mol. The fourth-order valence-corrected chi connectivity index (χ4v) is 1.83. The summed E-state index contributed by atoms with van der Waals surface area (Å²) in [6.07, 6.45) is 2.60. The number of nitrogens with zero attached hydrogens (tertiary/aromatic N) is 1. The molecule has 1 atom stereocenters. The van der Waals surface area contributed by atoms with Crippen LogP contribution in [0.3, 0.4) is 0 Å². The highest BCUT2D eigenvalue weighted by Crippen LogP contribution is 2.28. The topological polar surface area (TPSA) is 54.7 Å². The van der Waals surface area contributed by atoms with E-state index in [9.17, 15) is 0 Å². The van der Waals surface area contributed by atoms with Crippen LogP contribution in [0.1, 0.15) is 25.2 Å². The lowest BCUT2D eigenvalue weighted by molar-refractivity contribution is 0.658. The van der Waals surface area contributed by atoms with Crippen LogP contribution in [0.25, 0.3) is 11.3 Å². The Morgan fingerprint density at radius 3 is 2.76 bits per heavy atom. The second-order valence-electron chi connectivity index (χ2n) is 3.83. The van der Waals surface area contributed by atoms with Crippen LogP contribution in [-0.2, 0) is 0 Å². The first-order chi connectivity index (χ1) is 8.11. The highest BCUT2D eigenvalue weighted by molar-refractivity contribution is 6.42. The SMILES string of the molecule is CCC(N)c1ncc(-c2ccc(Cl)c(Cl)c2)[nH]1. The molecule has 0 amide bonds. The van der Waals surface area contributed by atoms with Gasteiger partial charge in [-0.15, -0.1) is 0 Å². The lowest BCUT2D eigenvalue weighted by atomic mass is 10.2. The maximum absolute atomic E-state index is 5.97. The Hall–Kier alpha value is -1.03. The molecule has 1 aromatic heterocycles. The summed E-state index contributed by atoms with van der Waals surface area (Å²) in [4.78, 5) is 7.45. The van der Waals surface area contributed by atoms with Crippen molar-refractivity contribution >= 4 is 23.2 Å². The quantitative estimate of drug-likeness (QED) is 0.891. The predicted molar refractivity (Wildman–Crippen MR) is 71.3 cm³/mol. The van der Waals surface area contributed by atoms with Gasteiger partial charge in [-0.3, -0.25) is 0 Å². The van der Waals surface area contributed by atoms with E-state index >= 15 is 0 Å². The monoisotopic (exact) mass is 269 g/mol. The molecule has 0 aliphatic carbocycles. The third-order valence-corrected chi connectivity index (χ3v) is 3.36. The molecule has 0 bridgehead atoms. The third kappa shape index (κ3) is 2.63. The van der Waals surface area contributed by atoms with Gasteiger partial charge in [-0.2, -0.15) is 0 Å². The molecule has 5 heteroatoms. The largest absolute Gasteiger partial charge is 0.341 e. The zero-order chi connectivity index (χ0) is 12.4. The fourth-order valence-electron chi connectivity index (χ4n) is 1.53. The summed E-state index contributed by atoms with van der Waals surface area (Å²) < 4.78 is 0. The number of benzene rings is 1. The summed E-state index contributed by atoms with van der Waals surface area (Å²) in [7, 11) is 0. The number of aromatic nitrogens is 2. The molecule has 1 heterocycles. The molecular formula is C12H13Cl2N3. The minimum Gasteiger partial charge on any atom is -0.341 e. The number of halogens is 2. The first kappa shape index (κ1) is 12.4. The van der Waals surface area contributed by atoms with Crippen molar-refractivity contribution in [3.8, 4) is 11.3 Å². The molecule has 90 valence electrons. The van der Waals surface area contributed by atoms with Gasteiger partial charge >= 0.3 is 0 Å². The van der Waals surface area contributed by atoms with Crippen LogP contribution in [-0.4, -0.2) is 9.97 Å². The van der Waals surface area contributed by atoms with Gasteiger partial charge < -0.3 is 10.7 Å². The zero-order valence-corrected chi connectivity index (χ0v) is 10.9. The molecule has 0 spiro atoms. The number of nitrogens with one attached hydrogen (secondary N) is 1. The van der Waals surface area contributed by atoms with Gasteiger partial charge in [0.25, 0.3) is 0 Å². The number of nitrogens with two attached hydrogens (primary N) is 1. The first-order valence-electron chi connectivity index (χ1n) is 5.37. The van der Waals surface area contributed by atoms with Crippen molar-refractivity contribution in [2.75, 3.05) is 0 Å². The van der Waals surface area contributed by atoms with Gasteiger partial charge in [0.2, 0.25) is 0 Å². The van der Waals surface area contributed by atoms with Gasteiger partial charge in [-0.05, 0) is 18.6 Å². The Labute approximate surface area is 110 Å². The van der Waals surface area contributed by atoms with E-state index in [0.29, 0.717) is 10.0 Å². The summed E-state index contributed by atoms with van der Waals surface area (Å²) in [6.45, 7) is 2.02. The normalized spacial score (nSPS) is 12.7. The molecule has 2 rings (SSSR count). The maximum Gasteiger partial charge on any atom is 0.123 e. The van der Waals surface area contributed by atoms with E-state index in [4.69, 9.17) is 28.9 Å². The first-order valence-corrected chi connectivity index (χ1v) is 6.13. The third-order valence-electron chi connectivity index (χ3n) is 2.62. The van der Waals surface area contributed by atoms with Crippen molar-refractivity contribution in [1.82, 2.24) is 9.97 Å². The van der Waals surface area contributed by atoms with Crippen molar-refractivity contribution in [3.05, 3.63) is 40.3 Å². The van der Waals surface area contributed by atoms with E-state index in [-0.39, 0.29) is 6.04 Å². The Balaban J connectivity index is 2.33. The minimum absolute atomic E-state index is 0.0634. The lowest BCUT2D eigenvalue weighted by Crippen LogP contribution is -2.10. The molecule has 0 aliphatic rings. The number of H-pyrrole nitrogens is 1. The zero-order valence-electron chi connectivity index (χ0n) is 9.37. The van der Waals surface area contributed by atoms with Gasteiger partial charge in [-0.25, -0.2) is 4.98 Å². The summed E-state index contributed by atoms with van der Waals surface area (Å²) in [5.41, 5.74) is 7.74. The Morgan fingerprint density at radius 1 is 1.35 bits per heavy atom. The second kappa shape index (κ2) is 5.08. The molecule has 0 saturated carbocycles. The molecule has 1 unspecified atom stereocenters. The number of hydrogen-bond acceptors (Lipinski definition) is 2. The summed E-state index contributed by atoms with van der Waals surface area (Å²) in [5.74, 6) is 0.786. The highest BCUT2D eigenvalue weighted by atomic mass is 35.5. The van der Waals surface area contributed by atoms with Gasteiger partial charge in [0.15, 0.2) is 0 Å². The Kier molecular flexibility index (Phi) is 3.72. The van der Waals surface area contributed by atoms with E-state index in [1.54, 1.807) is 18.3 Å². The molecular weight excluding hydrogens is 257 g/mol. The van der Waals surface area contributed by atoms with Crippen molar-refractivity contribution in [2.45, 2.75) is 19.4 Å². The van der Waals surface area contributed by atoms with Crippen molar-refractivity contribution < 1.29 is 0 Å². The van der Waals surface area contributed by atoms with E-state index < -0.39 is 0 Å². The molecule has 2 aromatic rings. The average Bonchev–Trinajstić information content (AvgIpc) is 2.81. The Bertz CT molecular complexity index is 522. The molecule has 0 radical (unpaired) electrons. The number of rotatable bonds is 3.